The van der Waals surface area contributed by atoms with Crippen molar-refractivity contribution in [1.82, 2.24) is 14.8 Å². The molecule has 2 heterocycles. The highest BCUT2D eigenvalue weighted by atomic mass is 16.5. The van der Waals surface area contributed by atoms with Crippen molar-refractivity contribution < 1.29 is 23.8 Å². The molecule has 0 unspecified atom stereocenters. The second kappa shape index (κ2) is 10.1. The van der Waals surface area contributed by atoms with E-state index in [-0.39, 0.29) is 24.9 Å². The Kier molecular flexibility index (Phi) is 6.72. The summed E-state index contributed by atoms with van der Waals surface area (Å²) in [5, 5.41) is 4.02. The van der Waals surface area contributed by atoms with Gasteiger partial charge < -0.3 is 29.0 Å². The summed E-state index contributed by atoms with van der Waals surface area (Å²) < 4.78 is 18.2. The lowest BCUT2D eigenvalue weighted by atomic mass is 9.93. The van der Waals surface area contributed by atoms with Crippen molar-refractivity contribution in [2.24, 2.45) is 0 Å². The van der Waals surface area contributed by atoms with Crippen LogP contribution in [0.5, 0.6) is 17.2 Å². The highest BCUT2D eigenvalue weighted by Gasteiger charge is 2.47. The van der Waals surface area contributed by atoms with Crippen molar-refractivity contribution >= 4 is 22.7 Å². The van der Waals surface area contributed by atoms with Crippen LogP contribution in [-0.2, 0) is 24.4 Å². The average molecular weight is 514 g/mol. The van der Waals surface area contributed by atoms with E-state index in [0.717, 1.165) is 22.0 Å². The lowest BCUT2D eigenvalue weighted by Gasteiger charge is -2.44. The fourth-order valence-electron chi connectivity index (χ4n) is 5.13. The van der Waals surface area contributed by atoms with Crippen molar-refractivity contribution in [1.29, 1.82) is 0 Å². The number of fused-ring (bicyclic) bond motifs is 3. The fourth-order valence-corrected chi connectivity index (χ4v) is 5.13. The van der Waals surface area contributed by atoms with Gasteiger partial charge in [0.05, 0.1) is 27.9 Å². The molecule has 0 aliphatic carbocycles. The van der Waals surface area contributed by atoms with Gasteiger partial charge in [-0.05, 0) is 42.8 Å². The van der Waals surface area contributed by atoms with Crippen molar-refractivity contribution in [3.05, 3.63) is 89.6 Å². The van der Waals surface area contributed by atoms with Gasteiger partial charge in [-0.15, -0.1) is 0 Å². The van der Waals surface area contributed by atoms with E-state index >= 15 is 0 Å². The van der Waals surface area contributed by atoms with Crippen LogP contribution in [0.3, 0.4) is 0 Å². The highest BCUT2D eigenvalue weighted by molar-refractivity contribution is 6.03. The van der Waals surface area contributed by atoms with Crippen LogP contribution in [0.15, 0.2) is 72.8 Å². The van der Waals surface area contributed by atoms with Crippen LogP contribution in [0.2, 0.25) is 0 Å². The maximum Gasteiger partial charge on any atom is 0.271 e. The monoisotopic (exact) mass is 513 g/mol. The zero-order valence-corrected chi connectivity index (χ0v) is 22.0. The Morgan fingerprint density at radius 3 is 2.37 bits per heavy atom. The van der Waals surface area contributed by atoms with Gasteiger partial charge in [0.15, 0.2) is 11.5 Å². The number of amides is 2. The summed E-state index contributed by atoms with van der Waals surface area (Å²) in [4.78, 5) is 29.6. The minimum Gasteiger partial charge on any atom is -0.496 e. The Labute approximate surface area is 221 Å². The molecule has 0 saturated carbocycles. The van der Waals surface area contributed by atoms with E-state index in [4.69, 9.17) is 14.2 Å². The molecule has 1 aliphatic heterocycles. The molecule has 196 valence electrons. The van der Waals surface area contributed by atoms with E-state index in [1.807, 2.05) is 78.2 Å². The number of ether oxygens (including phenoxy) is 3. The molecule has 1 aliphatic rings. The third-order valence-corrected chi connectivity index (χ3v) is 7.25. The van der Waals surface area contributed by atoms with Crippen molar-refractivity contribution in [2.75, 3.05) is 21.3 Å². The zero-order valence-electron chi connectivity index (χ0n) is 22.0. The lowest BCUT2D eigenvalue weighted by Crippen LogP contribution is -2.63. The van der Waals surface area contributed by atoms with Gasteiger partial charge in [-0.3, -0.25) is 9.59 Å². The van der Waals surface area contributed by atoms with Gasteiger partial charge in [-0.1, -0.05) is 42.5 Å². The van der Waals surface area contributed by atoms with Crippen LogP contribution >= 0.6 is 0 Å². The fraction of sp³-hybridized carbons (Fsp3) is 0.267. The summed E-state index contributed by atoms with van der Waals surface area (Å²) in [6, 6.07) is 22.8. The standard InChI is InChI=1S/C30H31N3O5/c1-30(29(35)31-17-22-10-6-8-12-25(22)36-2)19-32-23-11-7-5-9-21(23)16-24(32)28(34)33(30)18-20-13-14-26(37-3)27(15-20)38-4/h5-16H,17-19H2,1-4H3,(H,31,35)/t30-/m0/s1. The lowest BCUT2D eigenvalue weighted by molar-refractivity contribution is -0.133. The maximum atomic E-state index is 14.0. The summed E-state index contributed by atoms with van der Waals surface area (Å²) in [7, 11) is 4.75. The van der Waals surface area contributed by atoms with Crippen molar-refractivity contribution in [3.8, 4) is 17.2 Å². The van der Waals surface area contributed by atoms with E-state index in [9.17, 15) is 9.59 Å². The first-order valence-electron chi connectivity index (χ1n) is 12.4. The Morgan fingerprint density at radius 2 is 1.61 bits per heavy atom. The van der Waals surface area contributed by atoms with Gasteiger partial charge in [-0.25, -0.2) is 0 Å². The third kappa shape index (κ3) is 4.32. The molecular weight excluding hydrogens is 482 g/mol. The SMILES string of the molecule is COc1ccccc1CNC(=O)[C@]1(C)Cn2c(cc3ccccc32)C(=O)N1Cc1ccc(OC)c(OC)c1. The summed E-state index contributed by atoms with van der Waals surface area (Å²) in [5.74, 6) is 1.39. The van der Waals surface area contributed by atoms with E-state index in [0.29, 0.717) is 29.5 Å². The number of rotatable bonds is 8. The number of carbonyl (C=O) groups excluding carboxylic acids is 2. The molecule has 0 fully saturated rings. The number of nitrogens with one attached hydrogen (secondary N) is 1. The number of hydrogen-bond acceptors (Lipinski definition) is 5. The molecule has 5 rings (SSSR count). The van der Waals surface area contributed by atoms with E-state index in [1.165, 1.54) is 0 Å². The van der Waals surface area contributed by atoms with Gasteiger partial charge >= 0.3 is 0 Å². The molecule has 0 radical (unpaired) electrons. The molecule has 8 nitrogen and oxygen atoms in total. The van der Waals surface area contributed by atoms with Gasteiger partial charge in [0.2, 0.25) is 5.91 Å². The summed E-state index contributed by atoms with van der Waals surface area (Å²) in [6.07, 6.45) is 0. The second-order valence-electron chi connectivity index (χ2n) is 9.52. The quantitative estimate of drug-likeness (QED) is 0.378. The highest BCUT2D eigenvalue weighted by Crippen LogP contribution is 2.35. The zero-order chi connectivity index (χ0) is 26.9. The predicted molar refractivity (Wildman–Crippen MR) is 145 cm³/mol. The largest absolute Gasteiger partial charge is 0.496 e. The van der Waals surface area contributed by atoms with Crippen LogP contribution in [0.1, 0.15) is 28.5 Å². The summed E-state index contributed by atoms with van der Waals surface area (Å²) in [5.41, 5.74) is 1.99. The predicted octanol–water partition coefficient (Wildman–Crippen LogP) is 4.40. The molecular formula is C30H31N3O5. The number of methoxy groups -OCH3 is 3. The van der Waals surface area contributed by atoms with Gasteiger partial charge in [0, 0.05) is 29.6 Å². The Morgan fingerprint density at radius 1 is 0.895 bits per heavy atom. The number of para-hydroxylation sites is 2. The molecule has 1 N–H and O–H groups in total. The van der Waals surface area contributed by atoms with Crippen LogP contribution < -0.4 is 19.5 Å². The number of carbonyl (C=O) groups is 2. The smallest absolute Gasteiger partial charge is 0.271 e. The average Bonchev–Trinajstić information content (AvgIpc) is 3.32. The first kappa shape index (κ1) is 25.2. The molecule has 0 spiro atoms. The molecule has 38 heavy (non-hydrogen) atoms. The Balaban J connectivity index is 1.53. The topological polar surface area (TPSA) is 82.0 Å². The van der Waals surface area contributed by atoms with E-state index < -0.39 is 5.54 Å². The van der Waals surface area contributed by atoms with Gasteiger partial charge in [0.1, 0.15) is 17.0 Å². The summed E-state index contributed by atoms with van der Waals surface area (Å²) in [6.45, 7) is 2.63. The Bertz CT molecular complexity index is 1510. The molecule has 4 aromatic rings. The molecule has 8 heteroatoms. The minimum absolute atomic E-state index is 0.211. The number of aromatic nitrogens is 1. The van der Waals surface area contributed by atoms with Gasteiger partial charge in [-0.2, -0.15) is 0 Å². The molecule has 3 aromatic carbocycles. The van der Waals surface area contributed by atoms with E-state index in [1.54, 1.807) is 32.3 Å². The minimum atomic E-state index is -1.17. The van der Waals surface area contributed by atoms with Crippen LogP contribution in [0.4, 0.5) is 0 Å². The number of nitrogens with zero attached hydrogens (tertiary/aromatic N) is 2. The van der Waals surface area contributed by atoms with Crippen LogP contribution in [0, 0.1) is 0 Å². The maximum absolute atomic E-state index is 14.0. The van der Waals surface area contributed by atoms with Crippen molar-refractivity contribution in [3.63, 3.8) is 0 Å². The molecule has 2 amide bonds. The first-order valence-corrected chi connectivity index (χ1v) is 12.4. The van der Waals surface area contributed by atoms with Crippen molar-refractivity contribution in [2.45, 2.75) is 32.1 Å². The summed E-state index contributed by atoms with van der Waals surface area (Å²) >= 11 is 0. The normalized spacial score (nSPS) is 16.7. The third-order valence-electron chi connectivity index (χ3n) is 7.25. The van der Waals surface area contributed by atoms with Gasteiger partial charge in [0.25, 0.3) is 5.91 Å². The molecule has 0 bridgehead atoms. The number of hydrogen-bond donors (Lipinski definition) is 1. The molecule has 1 aromatic heterocycles. The Hall–Kier alpha value is -4.46. The molecule has 0 saturated heterocycles. The first-order chi connectivity index (χ1) is 18.4. The molecule has 1 atom stereocenters. The second-order valence-corrected chi connectivity index (χ2v) is 9.52. The van der Waals surface area contributed by atoms with Crippen LogP contribution in [-0.4, -0.2) is 48.1 Å². The van der Waals surface area contributed by atoms with Crippen LogP contribution in [0.25, 0.3) is 10.9 Å². The van der Waals surface area contributed by atoms with E-state index in [2.05, 4.69) is 5.32 Å². The number of benzene rings is 3.